The maximum atomic E-state index is 12.8. The van der Waals surface area contributed by atoms with Gasteiger partial charge in [0.15, 0.2) is 0 Å². The highest BCUT2D eigenvalue weighted by Gasteiger charge is 2.44. The number of hydrogen-bond acceptors (Lipinski definition) is 3. The molecular weight excluding hydrogens is 306 g/mol. The molecule has 0 unspecified atom stereocenters. The minimum atomic E-state index is -0.246. The van der Waals surface area contributed by atoms with Gasteiger partial charge in [0.2, 0.25) is 5.91 Å². The Bertz CT molecular complexity index is 456. The average molecular weight is 337 g/mol. The third kappa shape index (κ3) is 3.68. The van der Waals surface area contributed by atoms with E-state index in [2.05, 4.69) is 5.32 Å². The smallest absolute Gasteiger partial charge is 0.317 e. The highest BCUT2D eigenvalue weighted by Crippen LogP contribution is 2.32. The van der Waals surface area contributed by atoms with Crippen LogP contribution >= 0.6 is 0 Å². The quantitative estimate of drug-likeness (QED) is 0.840. The summed E-state index contributed by atoms with van der Waals surface area (Å²) in [6.45, 7) is 5.23. The summed E-state index contributed by atoms with van der Waals surface area (Å²) < 4.78 is 5.53. The van der Waals surface area contributed by atoms with Gasteiger partial charge < -0.3 is 19.9 Å². The van der Waals surface area contributed by atoms with Gasteiger partial charge in [-0.25, -0.2) is 4.79 Å². The van der Waals surface area contributed by atoms with Crippen LogP contribution in [0, 0.1) is 0 Å². The highest BCUT2D eigenvalue weighted by molar-refractivity contribution is 5.80. The lowest BCUT2D eigenvalue weighted by atomic mass is 9.87. The average Bonchev–Trinajstić information content (AvgIpc) is 2.73. The molecule has 136 valence electrons. The van der Waals surface area contributed by atoms with Crippen LogP contribution in [0.3, 0.4) is 0 Å². The zero-order valence-corrected chi connectivity index (χ0v) is 14.9. The Labute approximate surface area is 144 Å². The van der Waals surface area contributed by atoms with E-state index in [9.17, 15) is 9.59 Å². The molecule has 0 aromatic carbocycles. The Morgan fingerprint density at radius 2 is 1.96 bits per heavy atom. The maximum Gasteiger partial charge on any atom is 0.317 e. The van der Waals surface area contributed by atoms with Crippen molar-refractivity contribution in [2.24, 2.45) is 0 Å². The van der Waals surface area contributed by atoms with E-state index in [0.29, 0.717) is 45.3 Å². The van der Waals surface area contributed by atoms with E-state index in [1.807, 2.05) is 16.7 Å². The van der Waals surface area contributed by atoms with Crippen molar-refractivity contribution in [1.29, 1.82) is 0 Å². The lowest BCUT2D eigenvalue weighted by Crippen LogP contribution is -2.59. The van der Waals surface area contributed by atoms with Crippen LogP contribution in [-0.4, -0.2) is 66.2 Å². The van der Waals surface area contributed by atoms with E-state index in [4.69, 9.17) is 4.74 Å². The van der Waals surface area contributed by atoms with Gasteiger partial charge in [-0.3, -0.25) is 4.79 Å². The Hall–Kier alpha value is -1.30. The lowest BCUT2D eigenvalue weighted by Gasteiger charge is -2.46. The molecule has 3 aliphatic rings. The van der Waals surface area contributed by atoms with Crippen LogP contribution in [0.5, 0.6) is 0 Å². The third-order valence-electron chi connectivity index (χ3n) is 5.91. The molecule has 0 bridgehead atoms. The Balaban J connectivity index is 1.71. The minimum Gasteiger partial charge on any atom is -0.381 e. The molecule has 0 atom stereocenters. The van der Waals surface area contributed by atoms with Crippen molar-refractivity contribution in [1.82, 2.24) is 15.1 Å². The van der Waals surface area contributed by atoms with E-state index in [0.717, 1.165) is 25.7 Å². The second-order valence-corrected chi connectivity index (χ2v) is 7.43. The molecule has 3 rings (SSSR count). The molecular formula is C18H31N3O3. The summed E-state index contributed by atoms with van der Waals surface area (Å²) in [6.07, 6.45) is 7.91. The summed E-state index contributed by atoms with van der Waals surface area (Å²) in [7, 11) is 0. The van der Waals surface area contributed by atoms with Crippen LogP contribution in [0.1, 0.15) is 58.3 Å². The van der Waals surface area contributed by atoms with Gasteiger partial charge in [-0.15, -0.1) is 0 Å². The Morgan fingerprint density at radius 1 is 1.25 bits per heavy atom. The van der Waals surface area contributed by atoms with Gasteiger partial charge in [-0.1, -0.05) is 19.3 Å². The van der Waals surface area contributed by atoms with Gasteiger partial charge in [0, 0.05) is 45.3 Å². The van der Waals surface area contributed by atoms with Crippen molar-refractivity contribution in [2.45, 2.75) is 69.9 Å². The van der Waals surface area contributed by atoms with Crippen LogP contribution in [0.25, 0.3) is 0 Å². The van der Waals surface area contributed by atoms with Crippen molar-refractivity contribution in [3.8, 4) is 0 Å². The van der Waals surface area contributed by atoms with Crippen LogP contribution in [0.15, 0.2) is 0 Å². The first-order valence-electron chi connectivity index (χ1n) is 9.58. The molecule has 1 spiro atoms. The largest absolute Gasteiger partial charge is 0.381 e. The molecule has 0 radical (unpaired) electrons. The molecule has 3 amide bonds. The monoisotopic (exact) mass is 337 g/mol. The van der Waals surface area contributed by atoms with Crippen LogP contribution in [0.4, 0.5) is 4.79 Å². The number of likely N-dealkylation sites (N-methyl/N-ethyl adjacent to an activating group) is 1. The number of carbonyl (C=O) groups excluding carboxylic acids is 2. The molecule has 2 saturated heterocycles. The number of nitrogens with zero attached hydrogens (tertiary/aromatic N) is 2. The minimum absolute atomic E-state index is 0.0125. The molecule has 0 aromatic rings. The summed E-state index contributed by atoms with van der Waals surface area (Å²) in [5, 5.41) is 3.21. The molecule has 6 heteroatoms. The van der Waals surface area contributed by atoms with Gasteiger partial charge in [0.1, 0.15) is 0 Å². The van der Waals surface area contributed by atoms with Crippen molar-refractivity contribution < 1.29 is 14.3 Å². The molecule has 3 fully saturated rings. The zero-order valence-electron chi connectivity index (χ0n) is 14.9. The maximum absolute atomic E-state index is 12.8. The third-order valence-corrected chi connectivity index (χ3v) is 5.91. The molecule has 1 N–H and O–H groups in total. The summed E-state index contributed by atoms with van der Waals surface area (Å²) in [5.74, 6) is 0.173. The van der Waals surface area contributed by atoms with Crippen LogP contribution < -0.4 is 5.32 Å². The number of rotatable bonds is 2. The number of hydrogen-bond donors (Lipinski definition) is 1. The van der Waals surface area contributed by atoms with E-state index < -0.39 is 0 Å². The fourth-order valence-corrected chi connectivity index (χ4v) is 4.53. The summed E-state index contributed by atoms with van der Waals surface area (Å²) >= 11 is 0. The second-order valence-electron chi connectivity index (χ2n) is 7.43. The number of ether oxygens (including phenoxy) is 1. The SMILES string of the molecule is CCN1C(=O)CCN(C(=O)NC2CCCCC2)CC12CCOCC2. The van der Waals surface area contributed by atoms with Crippen LogP contribution in [0.2, 0.25) is 0 Å². The van der Waals surface area contributed by atoms with E-state index in [1.54, 1.807) is 0 Å². The fraction of sp³-hybridized carbons (Fsp3) is 0.889. The van der Waals surface area contributed by atoms with Crippen molar-refractivity contribution >= 4 is 11.9 Å². The van der Waals surface area contributed by atoms with Gasteiger partial charge in [0.25, 0.3) is 0 Å². The highest BCUT2D eigenvalue weighted by atomic mass is 16.5. The van der Waals surface area contributed by atoms with Gasteiger partial charge in [-0.05, 0) is 32.6 Å². The molecule has 2 heterocycles. The number of urea groups is 1. The predicted octanol–water partition coefficient (Wildman–Crippen LogP) is 2.13. The van der Waals surface area contributed by atoms with Gasteiger partial charge >= 0.3 is 6.03 Å². The lowest BCUT2D eigenvalue weighted by molar-refractivity contribution is -0.139. The zero-order chi connectivity index (χ0) is 17.0. The number of nitrogens with one attached hydrogen (secondary N) is 1. The second kappa shape index (κ2) is 7.72. The normalized spacial score (nSPS) is 25.6. The van der Waals surface area contributed by atoms with Gasteiger partial charge in [0.05, 0.1) is 5.54 Å². The fourth-order valence-electron chi connectivity index (χ4n) is 4.53. The molecule has 2 aliphatic heterocycles. The number of carbonyl (C=O) groups is 2. The van der Waals surface area contributed by atoms with E-state index in [-0.39, 0.29) is 17.5 Å². The van der Waals surface area contributed by atoms with Crippen molar-refractivity contribution in [3.05, 3.63) is 0 Å². The topological polar surface area (TPSA) is 61.9 Å². The first kappa shape index (κ1) is 17.5. The Kier molecular flexibility index (Phi) is 5.64. The Morgan fingerprint density at radius 3 is 2.62 bits per heavy atom. The first-order valence-corrected chi connectivity index (χ1v) is 9.58. The van der Waals surface area contributed by atoms with Gasteiger partial charge in [-0.2, -0.15) is 0 Å². The molecule has 6 nitrogen and oxygen atoms in total. The van der Waals surface area contributed by atoms with E-state index >= 15 is 0 Å². The first-order chi connectivity index (χ1) is 11.6. The van der Waals surface area contributed by atoms with Crippen LogP contribution in [-0.2, 0) is 9.53 Å². The standard InChI is InChI=1S/C18H31N3O3/c1-2-21-16(22)8-11-20(14-18(21)9-12-24-13-10-18)17(23)19-15-6-4-3-5-7-15/h15H,2-14H2,1H3,(H,19,23). The van der Waals surface area contributed by atoms with Crippen molar-refractivity contribution in [2.75, 3.05) is 32.8 Å². The van der Waals surface area contributed by atoms with E-state index in [1.165, 1.54) is 19.3 Å². The molecule has 0 aromatic heterocycles. The van der Waals surface area contributed by atoms with Crippen molar-refractivity contribution in [3.63, 3.8) is 0 Å². The predicted molar refractivity (Wildman–Crippen MR) is 91.8 cm³/mol. The number of amides is 3. The molecule has 1 aliphatic carbocycles. The molecule has 24 heavy (non-hydrogen) atoms. The summed E-state index contributed by atoms with van der Waals surface area (Å²) in [6, 6.07) is 0.316. The summed E-state index contributed by atoms with van der Waals surface area (Å²) in [5.41, 5.74) is -0.246. The summed E-state index contributed by atoms with van der Waals surface area (Å²) in [4.78, 5) is 29.3. The molecule has 1 saturated carbocycles.